The Bertz CT molecular complexity index is 970. The van der Waals surface area contributed by atoms with Gasteiger partial charge in [0.05, 0.1) is 42.8 Å². The fourth-order valence-electron chi connectivity index (χ4n) is 3.26. The maximum absolute atomic E-state index is 13.7. The molecule has 1 amide bonds. The van der Waals surface area contributed by atoms with Crippen LogP contribution in [0, 0.1) is 5.82 Å². The third kappa shape index (κ3) is 4.85. The van der Waals surface area contributed by atoms with Gasteiger partial charge in [-0.15, -0.1) is 0 Å². The Morgan fingerprint density at radius 2 is 2.21 bits per heavy atom. The average molecular weight is 395 g/mol. The minimum Gasteiger partial charge on any atom is -0.375 e. The maximum atomic E-state index is 13.7. The number of amides is 1. The molecule has 4 rings (SSSR count). The van der Waals surface area contributed by atoms with Gasteiger partial charge < -0.3 is 20.4 Å². The van der Waals surface area contributed by atoms with Gasteiger partial charge in [-0.05, 0) is 24.3 Å². The number of hydrogen-bond acceptors (Lipinski definition) is 5. The highest BCUT2D eigenvalue weighted by Gasteiger charge is 2.19. The molecule has 7 nitrogen and oxygen atoms in total. The molecule has 8 heteroatoms. The number of nitrogens with one attached hydrogen (secondary N) is 3. The fourth-order valence-corrected chi connectivity index (χ4v) is 3.26. The van der Waals surface area contributed by atoms with Crippen molar-refractivity contribution in [1.29, 1.82) is 0 Å². The number of nitrogens with zero attached hydrogens (tertiary/aromatic N) is 2. The van der Waals surface area contributed by atoms with E-state index in [1.807, 2.05) is 18.2 Å². The highest BCUT2D eigenvalue weighted by Crippen LogP contribution is 2.29. The summed E-state index contributed by atoms with van der Waals surface area (Å²) in [5.74, 6) is 0.121. The highest BCUT2D eigenvalue weighted by atomic mass is 19.1. The number of pyridine rings is 1. The van der Waals surface area contributed by atoms with Gasteiger partial charge in [0.1, 0.15) is 11.6 Å². The van der Waals surface area contributed by atoms with Crippen molar-refractivity contribution in [1.82, 2.24) is 25.6 Å². The Kier molecular flexibility index (Phi) is 5.92. The third-order valence-electron chi connectivity index (χ3n) is 4.64. The number of H-pyrrole nitrogens is 1. The first-order valence-corrected chi connectivity index (χ1v) is 9.54. The molecule has 2 aromatic heterocycles. The summed E-state index contributed by atoms with van der Waals surface area (Å²) in [6.07, 6.45) is 1.86. The zero-order valence-corrected chi connectivity index (χ0v) is 15.8. The molecule has 1 saturated heterocycles. The molecule has 0 radical (unpaired) electrons. The summed E-state index contributed by atoms with van der Waals surface area (Å²) in [6, 6.07) is 11.8. The molecule has 1 aromatic carbocycles. The van der Waals surface area contributed by atoms with Gasteiger partial charge in [0, 0.05) is 24.8 Å². The summed E-state index contributed by atoms with van der Waals surface area (Å²) >= 11 is 0. The van der Waals surface area contributed by atoms with E-state index in [4.69, 9.17) is 4.74 Å². The smallest absolute Gasteiger partial charge is 0.223 e. The van der Waals surface area contributed by atoms with Gasteiger partial charge in [-0.25, -0.2) is 9.37 Å². The average Bonchev–Trinajstić information content (AvgIpc) is 3.18. The van der Waals surface area contributed by atoms with Crippen molar-refractivity contribution in [2.75, 3.05) is 19.7 Å². The van der Waals surface area contributed by atoms with Gasteiger partial charge in [0.15, 0.2) is 0 Å². The molecule has 0 aliphatic carbocycles. The van der Waals surface area contributed by atoms with Crippen LogP contribution in [0.3, 0.4) is 0 Å². The molecule has 0 unspecified atom stereocenters. The standard InChI is InChI=1S/C21H22FN5O2/c22-15-5-3-4-14(10-15)20-21(17-6-1-2-7-24-17)27-18(26-20)13-25-19(28)11-16-12-23-8-9-29-16/h1-7,10,16,23H,8-9,11-13H2,(H,25,28)(H,26,27)/t16-/m1/s1. The molecule has 1 aliphatic heterocycles. The quantitative estimate of drug-likeness (QED) is 0.596. The second-order valence-corrected chi connectivity index (χ2v) is 6.81. The van der Waals surface area contributed by atoms with E-state index >= 15 is 0 Å². The fraction of sp³-hybridized carbons (Fsp3) is 0.286. The summed E-state index contributed by atoms with van der Waals surface area (Å²) in [7, 11) is 0. The summed E-state index contributed by atoms with van der Waals surface area (Å²) < 4.78 is 19.3. The molecule has 0 saturated carbocycles. The van der Waals surface area contributed by atoms with Gasteiger partial charge in [0.25, 0.3) is 0 Å². The van der Waals surface area contributed by atoms with E-state index < -0.39 is 0 Å². The zero-order chi connectivity index (χ0) is 20.1. The molecular formula is C21H22FN5O2. The van der Waals surface area contributed by atoms with Crippen LogP contribution >= 0.6 is 0 Å². The van der Waals surface area contributed by atoms with E-state index in [9.17, 15) is 9.18 Å². The van der Waals surface area contributed by atoms with Crippen molar-refractivity contribution in [3.63, 3.8) is 0 Å². The second-order valence-electron chi connectivity index (χ2n) is 6.81. The summed E-state index contributed by atoms with van der Waals surface area (Å²) in [6.45, 7) is 2.32. The lowest BCUT2D eigenvalue weighted by Gasteiger charge is -2.22. The molecule has 3 heterocycles. The lowest BCUT2D eigenvalue weighted by molar-refractivity contribution is -0.124. The molecule has 1 aliphatic rings. The number of hydrogen-bond donors (Lipinski definition) is 3. The summed E-state index contributed by atoms with van der Waals surface area (Å²) in [5.41, 5.74) is 2.60. The molecule has 1 fully saturated rings. The lowest BCUT2D eigenvalue weighted by Crippen LogP contribution is -2.41. The van der Waals surface area contributed by atoms with Crippen LogP contribution in [0.2, 0.25) is 0 Å². The van der Waals surface area contributed by atoms with E-state index in [1.54, 1.807) is 18.3 Å². The summed E-state index contributed by atoms with van der Waals surface area (Å²) in [4.78, 5) is 24.4. The van der Waals surface area contributed by atoms with Gasteiger partial charge in [0.2, 0.25) is 5.91 Å². The van der Waals surface area contributed by atoms with Crippen molar-refractivity contribution in [3.05, 3.63) is 60.3 Å². The molecule has 29 heavy (non-hydrogen) atoms. The number of carbonyl (C=O) groups excluding carboxylic acids is 1. The number of aromatic amines is 1. The van der Waals surface area contributed by atoms with Crippen LogP contribution in [-0.2, 0) is 16.1 Å². The Hall–Kier alpha value is -3.10. The minimum atomic E-state index is -0.339. The van der Waals surface area contributed by atoms with Crippen molar-refractivity contribution < 1.29 is 13.9 Å². The number of benzene rings is 1. The minimum absolute atomic E-state index is 0.109. The van der Waals surface area contributed by atoms with E-state index in [1.165, 1.54) is 12.1 Å². The van der Waals surface area contributed by atoms with Gasteiger partial charge >= 0.3 is 0 Å². The zero-order valence-electron chi connectivity index (χ0n) is 15.8. The number of rotatable bonds is 6. The monoisotopic (exact) mass is 395 g/mol. The molecule has 3 N–H and O–H groups in total. The Labute approximate surface area is 167 Å². The van der Waals surface area contributed by atoms with Crippen LogP contribution in [-0.4, -0.2) is 46.7 Å². The first-order chi connectivity index (χ1) is 14.2. The molecule has 1 atom stereocenters. The topological polar surface area (TPSA) is 91.9 Å². The second kappa shape index (κ2) is 8.93. The number of ether oxygens (including phenoxy) is 1. The predicted molar refractivity (Wildman–Crippen MR) is 106 cm³/mol. The van der Waals surface area contributed by atoms with Crippen molar-refractivity contribution >= 4 is 5.91 Å². The molecule has 0 bridgehead atoms. The van der Waals surface area contributed by atoms with Crippen molar-refractivity contribution in [2.45, 2.75) is 19.1 Å². The van der Waals surface area contributed by atoms with Crippen molar-refractivity contribution in [2.24, 2.45) is 0 Å². The van der Waals surface area contributed by atoms with Gasteiger partial charge in [-0.1, -0.05) is 18.2 Å². The van der Waals surface area contributed by atoms with Crippen LogP contribution in [0.4, 0.5) is 4.39 Å². The van der Waals surface area contributed by atoms with Crippen LogP contribution in [0.25, 0.3) is 22.6 Å². The van der Waals surface area contributed by atoms with E-state index in [0.29, 0.717) is 41.6 Å². The number of morpholine rings is 1. The number of aromatic nitrogens is 3. The van der Waals surface area contributed by atoms with Crippen LogP contribution in [0.1, 0.15) is 12.2 Å². The SMILES string of the molecule is O=C(C[C@@H]1CNCCO1)NCc1nc(-c2cccc(F)c2)c(-c2ccccn2)[nH]1. The lowest BCUT2D eigenvalue weighted by atomic mass is 10.1. The molecule has 0 spiro atoms. The maximum Gasteiger partial charge on any atom is 0.223 e. The molecule has 3 aromatic rings. The largest absolute Gasteiger partial charge is 0.375 e. The first kappa shape index (κ1) is 19.2. The van der Waals surface area contributed by atoms with Crippen LogP contribution < -0.4 is 10.6 Å². The Morgan fingerprint density at radius 3 is 2.97 bits per heavy atom. The third-order valence-corrected chi connectivity index (χ3v) is 4.64. The highest BCUT2D eigenvalue weighted by molar-refractivity contribution is 5.78. The van der Waals surface area contributed by atoms with Gasteiger partial charge in [-0.3, -0.25) is 9.78 Å². The molecular weight excluding hydrogens is 373 g/mol. The van der Waals surface area contributed by atoms with Crippen molar-refractivity contribution in [3.8, 4) is 22.6 Å². The number of halogens is 1. The molecule has 150 valence electrons. The van der Waals surface area contributed by atoms with E-state index in [2.05, 4.69) is 25.6 Å². The van der Waals surface area contributed by atoms with E-state index in [0.717, 1.165) is 6.54 Å². The van der Waals surface area contributed by atoms with Gasteiger partial charge in [-0.2, -0.15) is 0 Å². The first-order valence-electron chi connectivity index (χ1n) is 9.54. The Balaban J connectivity index is 1.52. The number of imidazole rings is 1. The van der Waals surface area contributed by atoms with E-state index in [-0.39, 0.29) is 30.8 Å². The van der Waals surface area contributed by atoms with Crippen LogP contribution in [0.15, 0.2) is 48.7 Å². The predicted octanol–water partition coefficient (Wildman–Crippen LogP) is 2.27. The number of carbonyl (C=O) groups is 1. The Morgan fingerprint density at radius 1 is 1.28 bits per heavy atom. The normalized spacial score (nSPS) is 16.5. The van der Waals surface area contributed by atoms with Crippen LogP contribution in [0.5, 0.6) is 0 Å². The summed E-state index contributed by atoms with van der Waals surface area (Å²) in [5, 5.41) is 6.07.